The van der Waals surface area contributed by atoms with Crippen molar-refractivity contribution in [3.05, 3.63) is 33.8 Å². The van der Waals surface area contributed by atoms with Gasteiger partial charge in [-0.05, 0) is 37.0 Å². The Morgan fingerprint density at radius 2 is 1.68 bits per heavy atom. The van der Waals surface area contributed by atoms with Gasteiger partial charge in [-0.25, -0.2) is 0 Å². The number of piperazine rings is 1. The Morgan fingerprint density at radius 1 is 1.08 bits per heavy atom. The molecule has 2 fully saturated rings. The fourth-order valence-electron chi connectivity index (χ4n) is 3.07. The van der Waals surface area contributed by atoms with Crippen LogP contribution in [0.5, 0.6) is 0 Å². The molecule has 0 spiro atoms. The third-order valence-electron chi connectivity index (χ3n) is 4.78. The largest absolute Gasteiger partial charge is 0.344 e. The van der Waals surface area contributed by atoms with Gasteiger partial charge in [-0.15, -0.1) is 0 Å². The molecule has 1 aliphatic heterocycles. The molecule has 1 aliphatic carbocycles. The number of hydrogen-bond acceptors (Lipinski definition) is 3. The number of rotatable bonds is 5. The fourth-order valence-corrected chi connectivity index (χ4v) is 3.60. The van der Waals surface area contributed by atoms with E-state index in [1.165, 1.54) is 12.8 Å². The zero-order valence-corrected chi connectivity index (χ0v) is 15.9. The summed E-state index contributed by atoms with van der Waals surface area (Å²) < 4.78 is 0. The van der Waals surface area contributed by atoms with Crippen LogP contribution < -0.4 is 0 Å². The second kappa shape index (κ2) is 7.94. The highest BCUT2D eigenvalue weighted by Gasteiger charge is 2.27. The molecule has 1 heterocycles. The molecular formula is C18H23Cl2N3O2. The maximum Gasteiger partial charge on any atom is 0.254 e. The van der Waals surface area contributed by atoms with Crippen LogP contribution in [0.1, 0.15) is 23.2 Å². The first-order valence-corrected chi connectivity index (χ1v) is 9.39. The summed E-state index contributed by atoms with van der Waals surface area (Å²) >= 11 is 12.0. The van der Waals surface area contributed by atoms with E-state index in [4.69, 9.17) is 23.2 Å². The van der Waals surface area contributed by atoms with E-state index in [2.05, 4.69) is 4.90 Å². The monoisotopic (exact) mass is 383 g/mol. The first kappa shape index (κ1) is 18.5. The molecule has 7 heteroatoms. The fraction of sp³-hybridized carbons (Fsp3) is 0.556. The molecule has 1 saturated carbocycles. The van der Waals surface area contributed by atoms with Crippen LogP contribution in [0.3, 0.4) is 0 Å². The first-order valence-electron chi connectivity index (χ1n) is 8.64. The maximum atomic E-state index is 12.6. The highest BCUT2D eigenvalue weighted by molar-refractivity contribution is 6.35. The summed E-state index contributed by atoms with van der Waals surface area (Å²) in [6, 6.07) is 4.89. The summed E-state index contributed by atoms with van der Waals surface area (Å²) in [5, 5.41) is 0.914. The normalized spacial score (nSPS) is 18.3. The molecule has 1 saturated heterocycles. The van der Waals surface area contributed by atoms with E-state index in [-0.39, 0.29) is 11.8 Å². The molecule has 2 aliphatic rings. The van der Waals surface area contributed by atoms with Crippen LogP contribution in [0, 0.1) is 5.92 Å². The number of hydrogen-bond donors (Lipinski definition) is 0. The number of halogens is 2. The van der Waals surface area contributed by atoms with Gasteiger partial charge in [0.25, 0.3) is 5.91 Å². The molecule has 2 amide bonds. The number of likely N-dealkylation sites (N-methyl/N-ethyl adjacent to an activating group) is 1. The van der Waals surface area contributed by atoms with Crippen molar-refractivity contribution in [3.63, 3.8) is 0 Å². The van der Waals surface area contributed by atoms with E-state index < -0.39 is 0 Å². The van der Waals surface area contributed by atoms with E-state index in [0.29, 0.717) is 54.3 Å². The maximum absolute atomic E-state index is 12.6. The van der Waals surface area contributed by atoms with Gasteiger partial charge in [-0.2, -0.15) is 0 Å². The summed E-state index contributed by atoms with van der Waals surface area (Å²) in [4.78, 5) is 30.6. The molecule has 1 aromatic carbocycles. The minimum absolute atomic E-state index is 0.0683. The van der Waals surface area contributed by atoms with E-state index >= 15 is 0 Å². The van der Waals surface area contributed by atoms with Crippen molar-refractivity contribution in [2.75, 3.05) is 46.3 Å². The van der Waals surface area contributed by atoms with Gasteiger partial charge in [-0.1, -0.05) is 23.2 Å². The minimum Gasteiger partial charge on any atom is -0.344 e. The Balaban J connectivity index is 1.49. The van der Waals surface area contributed by atoms with Gasteiger partial charge in [-0.3, -0.25) is 14.5 Å². The van der Waals surface area contributed by atoms with Gasteiger partial charge in [0.1, 0.15) is 0 Å². The third kappa shape index (κ3) is 5.09. The van der Waals surface area contributed by atoms with Crippen molar-refractivity contribution in [1.82, 2.24) is 14.7 Å². The van der Waals surface area contributed by atoms with Gasteiger partial charge in [0.05, 0.1) is 6.54 Å². The molecule has 0 N–H and O–H groups in total. The lowest BCUT2D eigenvalue weighted by Gasteiger charge is -2.35. The summed E-state index contributed by atoms with van der Waals surface area (Å²) in [7, 11) is 1.88. The zero-order valence-electron chi connectivity index (χ0n) is 14.4. The van der Waals surface area contributed by atoms with Crippen molar-refractivity contribution in [3.8, 4) is 0 Å². The molecule has 136 valence electrons. The number of carbonyl (C=O) groups is 2. The molecule has 0 aromatic heterocycles. The lowest BCUT2D eigenvalue weighted by atomic mass is 10.2. The summed E-state index contributed by atoms with van der Waals surface area (Å²) in [6.07, 6.45) is 2.48. The van der Waals surface area contributed by atoms with Crippen molar-refractivity contribution >= 4 is 35.0 Å². The Morgan fingerprint density at radius 3 is 2.24 bits per heavy atom. The molecule has 5 nitrogen and oxygen atoms in total. The minimum atomic E-state index is -0.0683. The predicted octanol–water partition coefficient (Wildman–Crippen LogP) is 2.62. The van der Waals surface area contributed by atoms with Gasteiger partial charge in [0, 0.05) is 55.4 Å². The average Bonchev–Trinajstić information content (AvgIpc) is 3.38. The molecule has 0 unspecified atom stereocenters. The number of nitrogens with zero attached hydrogens (tertiary/aromatic N) is 3. The van der Waals surface area contributed by atoms with Crippen molar-refractivity contribution in [2.24, 2.45) is 5.92 Å². The molecule has 3 rings (SSSR count). The average molecular weight is 384 g/mol. The van der Waals surface area contributed by atoms with Gasteiger partial charge in [0.15, 0.2) is 0 Å². The Labute approximate surface area is 158 Å². The molecule has 0 radical (unpaired) electrons. The SMILES string of the molecule is CN(CC1CC1)C(=O)CN1CCN(C(=O)c2cc(Cl)cc(Cl)c2)CC1. The van der Waals surface area contributed by atoms with Crippen LogP contribution in [-0.4, -0.2) is 72.8 Å². The predicted molar refractivity (Wildman–Crippen MR) is 99.2 cm³/mol. The quantitative estimate of drug-likeness (QED) is 0.784. The first-order chi connectivity index (χ1) is 11.9. The Hall–Kier alpha value is -1.30. The summed E-state index contributed by atoms with van der Waals surface area (Å²) in [6.45, 7) is 3.89. The topological polar surface area (TPSA) is 43.9 Å². The summed E-state index contributed by atoms with van der Waals surface area (Å²) in [5.74, 6) is 0.794. The van der Waals surface area contributed by atoms with Gasteiger partial charge in [0.2, 0.25) is 5.91 Å². The molecule has 0 atom stereocenters. The lowest BCUT2D eigenvalue weighted by Crippen LogP contribution is -2.51. The highest BCUT2D eigenvalue weighted by Crippen LogP contribution is 2.29. The second-order valence-corrected chi connectivity index (χ2v) is 7.82. The zero-order chi connectivity index (χ0) is 18.0. The number of benzene rings is 1. The standard InChI is InChI=1S/C18H23Cl2N3O2/c1-21(11-13-2-3-13)17(24)12-22-4-6-23(7-5-22)18(25)14-8-15(19)10-16(20)9-14/h8-10,13H,2-7,11-12H2,1H3. The molecular weight excluding hydrogens is 361 g/mol. The summed E-state index contributed by atoms with van der Waals surface area (Å²) in [5.41, 5.74) is 0.506. The smallest absolute Gasteiger partial charge is 0.254 e. The second-order valence-electron chi connectivity index (χ2n) is 6.94. The molecule has 25 heavy (non-hydrogen) atoms. The van der Waals surface area contributed by atoms with E-state index in [0.717, 1.165) is 6.54 Å². The molecule has 1 aromatic rings. The van der Waals surface area contributed by atoms with Crippen LogP contribution in [0.15, 0.2) is 18.2 Å². The van der Waals surface area contributed by atoms with Crippen molar-refractivity contribution in [1.29, 1.82) is 0 Å². The third-order valence-corrected chi connectivity index (χ3v) is 5.22. The lowest BCUT2D eigenvalue weighted by molar-refractivity contribution is -0.131. The van der Waals surface area contributed by atoms with Gasteiger partial charge < -0.3 is 9.80 Å². The van der Waals surface area contributed by atoms with E-state index in [9.17, 15) is 9.59 Å². The van der Waals surface area contributed by atoms with Crippen molar-refractivity contribution in [2.45, 2.75) is 12.8 Å². The van der Waals surface area contributed by atoms with E-state index in [1.54, 1.807) is 23.1 Å². The van der Waals surface area contributed by atoms with Crippen LogP contribution in [-0.2, 0) is 4.79 Å². The highest BCUT2D eigenvalue weighted by atomic mass is 35.5. The van der Waals surface area contributed by atoms with Gasteiger partial charge >= 0.3 is 0 Å². The Kier molecular flexibility index (Phi) is 5.87. The Bertz CT molecular complexity index is 635. The van der Waals surface area contributed by atoms with E-state index in [1.807, 2.05) is 11.9 Å². The number of amides is 2. The van der Waals surface area contributed by atoms with Crippen LogP contribution in [0.4, 0.5) is 0 Å². The van der Waals surface area contributed by atoms with Crippen LogP contribution >= 0.6 is 23.2 Å². The molecule has 0 bridgehead atoms. The van der Waals surface area contributed by atoms with Crippen LogP contribution in [0.2, 0.25) is 10.0 Å². The van der Waals surface area contributed by atoms with Crippen LogP contribution in [0.25, 0.3) is 0 Å². The van der Waals surface area contributed by atoms with Crippen molar-refractivity contribution < 1.29 is 9.59 Å². The number of carbonyl (C=O) groups excluding carboxylic acids is 2.